The Labute approximate surface area is 570 Å². The predicted molar refractivity (Wildman–Crippen MR) is 414 cm³/mol. The second-order valence-corrected chi connectivity index (χ2v) is 27.1. The standard InChI is InChI=1S/C95H58N4/c1-2-21-66(22-3-1)96-87-34-15-9-28-75(87)79-55-64(40-49-90(79)96)65-43-52-93-82(57-65)78-47-39-60-19-4-5-24-70(60)94(78)99(93)68-23-18-20-61(53-68)59-37-44-67(45-38-59)97-88-35-16-10-29-76(88)80-54-62(41-50-91(80)97)63-42-51-92-81(56-63)77-30-11-17-36-89(77)98(92)69-46-48-74-73-27-8-14-33-85(73)95(86(74)58-69)83-31-12-6-25-71(83)72-26-7-13-32-84(72)95/h1-58H. The lowest BCUT2D eigenvalue weighted by Crippen LogP contribution is -2.26. The van der Waals surface area contributed by atoms with Crippen molar-refractivity contribution in [3.8, 4) is 78.4 Å². The van der Waals surface area contributed by atoms with Crippen molar-refractivity contribution in [3.05, 3.63) is 374 Å². The monoisotopic (exact) mass is 1250 g/mol. The van der Waals surface area contributed by atoms with Gasteiger partial charge in [0.15, 0.2) is 0 Å². The molecule has 0 unspecified atom stereocenters. The number of rotatable bonds is 7. The fourth-order valence-corrected chi connectivity index (χ4v) is 17.9. The van der Waals surface area contributed by atoms with Crippen LogP contribution in [0.25, 0.3) is 176 Å². The number of hydrogen-bond donors (Lipinski definition) is 0. The Bertz CT molecular complexity index is 6780. The van der Waals surface area contributed by atoms with Crippen molar-refractivity contribution in [2.24, 2.45) is 0 Å². The summed E-state index contributed by atoms with van der Waals surface area (Å²) in [6.07, 6.45) is 0. The zero-order chi connectivity index (χ0) is 64.6. The molecule has 99 heavy (non-hydrogen) atoms. The van der Waals surface area contributed by atoms with Gasteiger partial charge in [-0.15, -0.1) is 0 Å². The molecule has 2 aliphatic rings. The van der Waals surface area contributed by atoms with Crippen LogP contribution in [0.2, 0.25) is 0 Å². The molecule has 4 nitrogen and oxygen atoms in total. The molecule has 4 heteroatoms. The minimum atomic E-state index is -0.423. The summed E-state index contributed by atoms with van der Waals surface area (Å²) in [6.45, 7) is 0. The van der Waals surface area contributed by atoms with Gasteiger partial charge < -0.3 is 18.3 Å². The largest absolute Gasteiger partial charge is 0.309 e. The first-order valence-electron chi connectivity index (χ1n) is 34.4. The Morgan fingerprint density at radius 2 is 0.535 bits per heavy atom. The zero-order valence-electron chi connectivity index (χ0n) is 53.8. The van der Waals surface area contributed by atoms with Crippen LogP contribution in [0.5, 0.6) is 0 Å². The van der Waals surface area contributed by atoms with Crippen LogP contribution in [0.15, 0.2) is 352 Å². The average molecular weight is 1260 g/mol. The smallest absolute Gasteiger partial charge is 0.0726 e. The Morgan fingerprint density at radius 3 is 1.07 bits per heavy atom. The summed E-state index contributed by atoms with van der Waals surface area (Å²) < 4.78 is 9.81. The molecule has 0 saturated heterocycles. The lowest BCUT2D eigenvalue weighted by atomic mass is 9.70. The Kier molecular flexibility index (Phi) is 11.2. The maximum Gasteiger partial charge on any atom is 0.0726 e. The Balaban J connectivity index is 0.616. The van der Waals surface area contributed by atoms with Gasteiger partial charge in [-0.2, -0.15) is 0 Å². The molecule has 0 bridgehead atoms. The van der Waals surface area contributed by atoms with Gasteiger partial charge in [-0.05, 0) is 199 Å². The molecule has 2 aliphatic carbocycles. The van der Waals surface area contributed by atoms with Gasteiger partial charge in [0.2, 0.25) is 0 Å². The quantitative estimate of drug-likeness (QED) is 0.152. The van der Waals surface area contributed by atoms with Gasteiger partial charge in [-0.1, -0.05) is 237 Å². The number of aromatic nitrogens is 4. The summed E-state index contributed by atoms with van der Waals surface area (Å²) in [5.41, 5.74) is 31.4. The van der Waals surface area contributed by atoms with Gasteiger partial charge in [0.1, 0.15) is 0 Å². The lowest BCUT2D eigenvalue weighted by molar-refractivity contribution is 0.792. The molecule has 0 fully saturated rings. The van der Waals surface area contributed by atoms with E-state index in [9.17, 15) is 0 Å². The number of nitrogens with zero attached hydrogens (tertiary/aromatic N) is 4. The van der Waals surface area contributed by atoms with Crippen LogP contribution in [0.3, 0.4) is 0 Å². The maximum absolute atomic E-state index is 2.50. The fourth-order valence-electron chi connectivity index (χ4n) is 17.9. The summed E-state index contributed by atoms with van der Waals surface area (Å²) >= 11 is 0. The van der Waals surface area contributed by atoms with E-state index in [0.717, 1.165) is 33.9 Å². The topological polar surface area (TPSA) is 19.7 Å². The van der Waals surface area contributed by atoms with E-state index in [1.165, 1.54) is 165 Å². The van der Waals surface area contributed by atoms with Crippen LogP contribution in [-0.2, 0) is 5.41 Å². The molecule has 0 radical (unpaired) electrons. The highest BCUT2D eigenvalue weighted by molar-refractivity contribution is 6.20. The minimum absolute atomic E-state index is 0.423. The SMILES string of the molecule is c1ccc(-n2c3ccccc3c3cc(-c4ccc5c(c4)c4ccc6ccccc6c4n5-c4cccc(-c5ccc(-n6c7ccccc7c7cc(-c8ccc9c(c8)c8ccccc8n9-c8ccc9c(c8)C8(c%10ccccc%10-c%10ccccc%108)c8ccccc8-9)ccc76)cc5)c4)ccc32)cc1. The number of para-hydroxylation sites is 4. The summed E-state index contributed by atoms with van der Waals surface area (Å²) in [4.78, 5) is 0. The van der Waals surface area contributed by atoms with Crippen molar-refractivity contribution in [1.82, 2.24) is 18.3 Å². The molecule has 4 aromatic heterocycles. The van der Waals surface area contributed by atoms with E-state index in [1.807, 2.05) is 0 Å². The van der Waals surface area contributed by atoms with Gasteiger partial charge in [-0.3, -0.25) is 0 Å². The third-order valence-electron chi connectivity index (χ3n) is 22.2. The van der Waals surface area contributed by atoms with E-state index >= 15 is 0 Å². The van der Waals surface area contributed by atoms with Gasteiger partial charge >= 0.3 is 0 Å². The molecule has 16 aromatic carbocycles. The molecule has 0 aliphatic heterocycles. The minimum Gasteiger partial charge on any atom is -0.309 e. The van der Waals surface area contributed by atoms with E-state index in [0.29, 0.717) is 0 Å². The number of benzene rings is 16. The second-order valence-electron chi connectivity index (χ2n) is 27.1. The molecule has 458 valence electrons. The van der Waals surface area contributed by atoms with E-state index < -0.39 is 5.41 Å². The third kappa shape index (κ3) is 7.57. The molecule has 22 rings (SSSR count). The number of hydrogen-bond acceptors (Lipinski definition) is 0. The molecule has 4 heterocycles. The van der Waals surface area contributed by atoms with Gasteiger partial charge in [0.25, 0.3) is 0 Å². The highest BCUT2D eigenvalue weighted by Gasteiger charge is 2.51. The van der Waals surface area contributed by atoms with Crippen LogP contribution in [0.1, 0.15) is 22.3 Å². The maximum atomic E-state index is 2.50. The van der Waals surface area contributed by atoms with Crippen molar-refractivity contribution < 1.29 is 0 Å². The zero-order valence-corrected chi connectivity index (χ0v) is 53.8. The molecule has 0 amide bonds. The Hall–Kier alpha value is -13.0. The molecular weight excluding hydrogens is 1200 g/mol. The normalized spacial score (nSPS) is 12.9. The summed E-state index contributed by atoms with van der Waals surface area (Å²) in [5, 5.41) is 12.3. The average Bonchev–Trinajstić information content (AvgIpc) is 1.51. The van der Waals surface area contributed by atoms with Crippen LogP contribution >= 0.6 is 0 Å². The van der Waals surface area contributed by atoms with E-state index in [-0.39, 0.29) is 0 Å². The van der Waals surface area contributed by atoms with E-state index in [4.69, 9.17) is 0 Å². The summed E-state index contributed by atoms with van der Waals surface area (Å²) in [7, 11) is 0. The van der Waals surface area contributed by atoms with Crippen molar-refractivity contribution in [3.63, 3.8) is 0 Å². The Morgan fingerprint density at radius 1 is 0.172 bits per heavy atom. The van der Waals surface area contributed by atoms with Crippen LogP contribution in [-0.4, -0.2) is 18.3 Å². The van der Waals surface area contributed by atoms with Crippen molar-refractivity contribution in [1.29, 1.82) is 0 Å². The molecule has 0 atom stereocenters. The highest BCUT2D eigenvalue weighted by Crippen LogP contribution is 2.63. The first-order chi connectivity index (χ1) is 49.1. The van der Waals surface area contributed by atoms with Crippen LogP contribution in [0.4, 0.5) is 0 Å². The van der Waals surface area contributed by atoms with Crippen molar-refractivity contribution in [2.75, 3.05) is 0 Å². The van der Waals surface area contributed by atoms with Gasteiger partial charge in [0.05, 0.1) is 49.5 Å². The molecule has 1 spiro atoms. The van der Waals surface area contributed by atoms with E-state index in [1.54, 1.807) is 0 Å². The van der Waals surface area contributed by atoms with E-state index in [2.05, 4.69) is 370 Å². The van der Waals surface area contributed by atoms with Crippen LogP contribution in [0, 0.1) is 0 Å². The summed E-state index contributed by atoms with van der Waals surface area (Å²) in [5.74, 6) is 0. The summed E-state index contributed by atoms with van der Waals surface area (Å²) in [6, 6.07) is 132. The first-order valence-corrected chi connectivity index (χ1v) is 34.4. The third-order valence-corrected chi connectivity index (χ3v) is 22.2. The first kappa shape index (κ1) is 54.3. The highest BCUT2D eigenvalue weighted by atomic mass is 15.0. The van der Waals surface area contributed by atoms with Crippen LogP contribution < -0.4 is 0 Å². The van der Waals surface area contributed by atoms with Gasteiger partial charge in [-0.25, -0.2) is 0 Å². The predicted octanol–water partition coefficient (Wildman–Crippen LogP) is 24.6. The molecular formula is C95H58N4. The molecule has 20 aromatic rings. The number of fused-ring (bicyclic) bond motifs is 24. The lowest BCUT2D eigenvalue weighted by Gasteiger charge is -2.30. The van der Waals surface area contributed by atoms with Crippen molar-refractivity contribution >= 4 is 98.0 Å². The van der Waals surface area contributed by atoms with Gasteiger partial charge in [0, 0.05) is 71.2 Å². The van der Waals surface area contributed by atoms with Crippen molar-refractivity contribution in [2.45, 2.75) is 5.41 Å². The fraction of sp³-hybridized carbons (Fsp3) is 0.0105. The molecule has 0 N–H and O–H groups in total. The molecule has 0 saturated carbocycles. The second kappa shape index (κ2) is 20.5.